The fourth-order valence-electron chi connectivity index (χ4n) is 23.1. The SMILES string of the molecule is CCCCCC1c2cc3c4cc2OCOc2cc5c(cc21)C(CCCCC)c1c(cc2c(c1C#Cc1ccnc(-c6cc(C#Cc7c8c9cc%10c7C(CCCCC)c7cc%11c(cc7OCO%10)OCOc7cc%10c(cc7C%11CCCCC)C(CCCCC)c7cc(c(cc7OCO%10)OCO9)C8CCCCC)ccn6)c1)C(CCCCC)c1cc(c(cc1OCO2)OCO4)C3CCCCC)OCO5. The maximum absolute atomic E-state index is 7.12. The second kappa shape index (κ2) is 42.3. The fourth-order valence-corrected chi connectivity index (χ4v) is 23.1. The van der Waals surface area contributed by atoms with Gasteiger partial charge in [0.15, 0.2) is 0 Å². The third-order valence-electron chi connectivity index (χ3n) is 30.1. The minimum Gasteiger partial charge on any atom is -0.457 e. The average Bonchev–Trinajstić information content (AvgIpc) is 0.728. The average molecular weight is 1830 g/mol. The Hall–Kier alpha value is -12.0. The molecule has 8 unspecified atom stereocenters. The van der Waals surface area contributed by atoms with Crippen molar-refractivity contribution < 1.29 is 75.8 Å². The normalized spacial score (nSPS) is 19.1. The van der Waals surface area contributed by atoms with Crippen molar-refractivity contribution in [3.05, 3.63) is 233 Å². The lowest BCUT2D eigenvalue weighted by Crippen LogP contribution is -2.23. The Morgan fingerprint density at radius 3 is 0.559 bits per heavy atom. The van der Waals surface area contributed by atoms with E-state index in [4.69, 9.17) is 85.8 Å². The van der Waals surface area contributed by atoms with Crippen molar-refractivity contribution in [3.63, 3.8) is 0 Å². The van der Waals surface area contributed by atoms with E-state index in [2.05, 4.69) is 176 Å². The molecule has 0 radical (unpaired) electrons. The molecule has 20 rings (SSSR count). The molecule has 8 aliphatic heterocycles. The highest BCUT2D eigenvalue weighted by molar-refractivity contribution is 5.74. The van der Waals surface area contributed by atoms with Gasteiger partial charge in [-0.1, -0.05) is 233 Å². The largest absolute Gasteiger partial charge is 0.457 e. The van der Waals surface area contributed by atoms with E-state index in [0.29, 0.717) is 57.4 Å². The van der Waals surface area contributed by atoms with Gasteiger partial charge in [-0.2, -0.15) is 0 Å². The van der Waals surface area contributed by atoms with Gasteiger partial charge in [-0.25, -0.2) is 0 Å². The van der Waals surface area contributed by atoms with Gasteiger partial charge in [0, 0.05) is 220 Å². The summed E-state index contributed by atoms with van der Waals surface area (Å²) < 4.78 is 111. The Kier molecular flexibility index (Phi) is 28.5. The molecule has 8 atom stereocenters. The summed E-state index contributed by atoms with van der Waals surface area (Å²) >= 11 is 0. The Balaban J connectivity index is 0.781. The third-order valence-corrected chi connectivity index (χ3v) is 30.1. The van der Waals surface area contributed by atoms with Gasteiger partial charge < -0.3 is 75.8 Å². The van der Waals surface area contributed by atoms with Crippen molar-refractivity contribution in [2.24, 2.45) is 0 Å². The Morgan fingerprint density at radius 2 is 0.368 bits per heavy atom. The highest BCUT2D eigenvalue weighted by Crippen LogP contribution is 2.61. The maximum Gasteiger partial charge on any atom is 0.230 e. The molecular formula is C118H132N2O16. The van der Waals surface area contributed by atoms with Crippen LogP contribution < -0.4 is 75.8 Å². The second-order valence-electron chi connectivity index (χ2n) is 38.7. The quantitative estimate of drug-likeness (QED) is 0.0280. The lowest BCUT2D eigenvalue weighted by molar-refractivity contribution is 0.0974. The van der Waals surface area contributed by atoms with Crippen molar-refractivity contribution in [2.75, 3.05) is 54.3 Å². The zero-order valence-electron chi connectivity index (χ0n) is 80.9. The summed E-state index contributed by atoms with van der Waals surface area (Å²) in [6.07, 6.45) is 34.9. The molecule has 10 aromatic rings. The summed E-state index contributed by atoms with van der Waals surface area (Å²) in [7, 11) is 0. The number of hydrogen-bond donors (Lipinski definition) is 0. The first-order chi connectivity index (χ1) is 67.1. The van der Waals surface area contributed by atoms with Gasteiger partial charge in [-0.05, 0) is 112 Å². The molecule has 136 heavy (non-hydrogen) atoms. The van der Waals surface area contributed by atoms with E-state index < -0.39 is 0 Å². The first kappa shape index (κ1) is 91.7. The van der Waals surface area contributed by atoms with Crippen molar-refractivity contribution in [2.45, 2.75) is 308 Å². The molecule has 18 nitrogen and oxygen atoms in total. The first-order valence-electron chi connectivity index (χ1n) is 51.6. The molecule has 18 heteroatoms. The van der Waals surface area contributed by atoms with Crippen LogP contribution in [0.3, 0.4) is 0 Å². The minimum atomic E-state index is -0.266. The van der Waals surface area contributed by atoms with Crippen molar-refractivity contribution in [1.82, 2.24) is 9.97 Å². The monoisotopic (exact) mass is 1830 g/mol. The molecule has 0 N–H and O–H groups in total. The Morgan fingerprint density at radius 1 is 0.199 bits per heavy atom. The van der Waals surface area contributed by atoms with Gasteiger partial charge in [0.25, 0.3) is 0 Å². The van der Waals surface area contributed by atoms with E-state index in [1.54, 1.807) is 0 Å². The predicted molar refractivity (Wildman–Crippen MR) is 528 cm³/mol. The number of unbranched alkanes of at least 4 members (excludes halogenated alkanes) is 16. The smallest absolute Gasteiger partial charge is 0.230 e. The first-order valence-corrected chi connectivity index (χ1v) is 51.6. The van der Waals surface area contributed by atoms with Crippen LogP contribution in [-0.4, -0.2) is 64.3 Å². The lowest BCUT2D eigenvalue weighted by atomic mass is 9.74. The van der Waals surface area contributed by atoms with Crippen LogP contribution in [0.25, 0.3) is 11.4 Å². The molecule has 2 aromatic heterocycles. The van der Waals surface area contributed by atoms with Crippen molar-refractivity contribution >= 4 is 0 Å². The van der Waals surface area contributed by atoms with Gasteiger partial charge in [0.05, 0.1) is 11.4 Å². The minimum absolute atomic E-state index is 0.00664. The van der Waals surface area contributed by atoms with Crippen LogP contribution in [0.1, 0.15) is 419 Å². The lowest BCUT2D eigenvalue weighted by Gasteiger charge is -2.36. The van der Waals surface area contributed by atoms with Gasteiger partial charge in [0.2, 0.25) is 54.3 Å². The van der Waals surface area contributed by atoms with Gasteiger partial charge >= 0.3 is 0 Å². The van der Waals surface area contributed by atoms with Crippen LogP contribution in [0.5, 0.6) is 92.0 Å². The number of pyridine rings is 2. The van der Waals surface area contributed by atoms with Gasteiger partial charge in [0.1, 0.15) is 92.0 Å². The number of nitrogens with zero attached hydrogens (tertiary/aromatic N) is 2. The van der Waals surface area contributed by atoms with E-state index in [9.17, 15) is 0 Å². The molecule has 16 bridgehead atoms. The highest BCUT2D eigenvalue weighted by atomic mass is 16.7. The predicted octanol–water partition coefficient (Wildman–Crippen LogP) is 29.1. The summed E-state index contributed by atoms with van der Waals surface area (Å²) in [6, 6.07) is 39.8. The van der Waals surface area contributed by atoms with E-state index >= 15 is 0 Å². The van der Waals surface area contributed by atoms with Crippen LogP contribution >= 0.6 is 0 Å². The molecule has 2 aliphatic carbocycles. The molecule has 0 saturated carbocycles. The Labute approximate surface area is 803 Å². The van der Waals surface area contributed by atoms with E-state index in [1.807, 2.05) is 24.5 Å². The summed E-state index contributed by atoms with van der Waals surface area (Å²) in [4.78, 5) is 10.4. The van der Waals surface area contributed by atoms with E-state index in [0.717, 1.165) is 363 Å². The summed E-state index contributed by atoms with van der Waals surface area (Å²) in [5.74, 6) is 25.9. The number of rotatable bonds is 33. The molecule has 10 heterocycles. The van der Waals surface area contributed by atoms with Crippen molar-refractivity contribution in [3.8, 4) is 127 Å². The second-order valence-corrected chi connectivity index (χ2v) is 38.7. The van der Waals surface area contributed by atoms with Crippen LogP contribution in [0, 0.1) is 23.7 Å². The standard InChI is InChI=1S/C118H132N2O16/c1-9-17-25-33-75-85-51-86-76(34-26-18-10-2)90-54-94-80(38-30-22-14-6)116-83(115-79(37-29-21-13-5)93-53-89(75)103-59-107(93)129-69-133-111(115)63-112(116)134-70-130-108(94)60-104(90)126-66-122-100(86)57-99(85)121-65-125-103)43-41-73-45-47-119-97(49-73)98-50-74(46-48-120-98)42-44-84-117-81(39-31-23-15-7)95-55-91-77(35-27-19-11-3)87-52-88-78(36-28-20-12-4)92-56-96-82(40-32-24-16-8)118(84)114-64-113(117)135-71-131-109(95)61-105(91)127-67-123-101(87)58-102(88)124-68-128-106(92)62-110(96)132-72-136-114/h45-64,75-82H,9-40,65-72H2,1-8H3. The van der Waals surface area contributed by atoms with Crippen LogP contribution in [-0.2, 0) is 0 Å². The Bertz CT molecular complexity index is 5510. The third kappa shape index (κ3) is 18.6. The molecule has 710 valence electrons. The fraction of sp³-hybridized carbons (Fsp3) is 0.475. The molecular weight excluding hydrogens is 1700 g/mol. The van der Waals surface area contributed by atoms with Crippen LogP contribution in [0.2, 0.25) is 0 Å². The van der Waals surface area contributed by atoms with Gasteiger partial charge in [-0.3, -0.25) is 9.97 Å². The van der Waals surface area contributed by atoms with E-state index in [1.165, 1.54) is 0 Å². The molecule has 0 fully saturated rings. The number of hydrogen-bond acceptors (Lipinski definition) is 18. The molecule has 0 spiro atoms. The maximum atomic E-state index is 7.12. The zero-order chi connectivity index (χ0) is 92.5. The van der Waals surface area contributed by atoms with Gasteiger partial charge in [-0.15, -0.1) is 0 Å². The molecule has 10 aliphatic rings. The van der Waals surface area contributed by atoms with Crippen LogP contribution in [0.15, 0.2) is 122 Å². The topological polar surface area (TPSA) is 173 Å². The molecule has 8 aromatic carbocycles. The van der Waals surface area contributed by atoms with E-state index in [-0.39, 0.29) is 102 Å². The molecule has 0 saturated heterocycles. The zero-order valence-corrected chi connectivity index (χ0v) is 80.9. The summed E-state index contributed by atoms with van der Waals surface area (Å²) in [5, 5.41) is 0. The summed E-state index contributed by atoms with van der Waals surface area (Å²) in [6.45, 7) is 17.9. The number of aromatic nitrogens is 2. The summed E-state index contributed by atoms with van der Waals surface area (Å²) in [5.41, 5.74) is 21.9. The number of benzene rings is 8. The highest BCUT2D eigenvalue weighted by Gasteiger charge is 2.44. The molecule has 0 amide bonds. The number of ether oxygens (including phenoxy) is 16. The van der Waals surface area contributed by atoms with Crippen molar-refractivity contribution in [1.29, 1.82) is 0 Å². The van der Waals surface area contributed by atoms with Crippen LogP contribution in [0.4, 0.5) is 0 Å².